The van der Waals surface area contributed by atoms with Crippen LogP contribution in [0.25, 0.3) is 0 Å². The molecule has 0 spiro atoms. The van der Waals surface area contributed by atoms with Crippen molar-refractivity contribution < 1.29 is 4.39 Å². The molecule has 2 nitrogen and oxygen atoms in total. The van der Waals surface area contributed by atoms with Crippen LogP contribution in [0.2, 0.25) is 0 Å². The maximum atomic E-state index is 12.5. The van der Waals surface area contributed by atoms with Gasteiger partial charge in [0.05, 0.1) is 4.99 Å². The molecule has 0 atom stereocenters. The highest BCUT2D eigenvalue weighted by atomic mass is 32.1. The Morgan fingerprint density at radius 3 is 2.29 bits per heavy atom. The standard InChI is InChI=1S/C9H9FN2S2/c1-6(13)11-9(14)12-8-4-2-7(10)3-5-8/h2-5H,1H3,(H2,11,12,13,14). The van der Waals surface area contributed by atoms with Gasteiger partial charge in [0.25, 0.3) is 0 Å². The molecule has 1 aromatic carbocycles. The molecule has 0 aromatic heterocycles. The Morgan fingerprint density at radius 1 is 1.21 bits per heavy atom. The lowest BCUT2D eigenvalue weighted by atomic mass is 10.3. The zero-order valence-electron chi connectivity index (χ0n) is 7.50. The third-order valence-electron chi connectivity index (χ3n) is 1.39. The number of anilines is 1. The van der Waals surface area contributed by atoms with Crippen LogP contribution in [0.5, 0.6) is 0 Å². The van der Waals surface area contributed by atoms with Crippen LogP contribution in [0, 0.1) is 5.82 Å². The number of benzene rings is 1. The van der Waals surface area contributed by atoms with Crippen LogP contribution >= 0.6 is 24.4 Å². The van der Waals surface area contributed by atoms with Crippen LogP contribution < -0.4 is 10.6 Å². The van der Waals surface area contributed by atoms with Crippen molar-refractivity contribution in [3.63, 3.8) is 0 Å². The van der Waals surface area contributed by atoms with E-state index in [4.69, 9.17) is 24.4 Å². The summed E-state index contributed by atoms with van der Waals surface area (Å²) in [6.45, 7) is 1.73. The predicted octanol–water partition coefficient (Wildman–Crippen LogP) is 2.46. The monoisotopic (exact) mass is 228 g/mol. The first-order chi connectivity index (χ1) is 6.58. The van der Waals surface area contributed by atoms with Crippen molar-refractivity contribution in [2.45, 2.75) is 6.92 Å². The van der Waals surface area contributed by atoms with Gasteiger partial charge in [-0.3, -0.25) is 0 Å². The second-order valence-electron chi connectivity index (χ2n) is 2.64. The third-order valence-corrected chi connectivity index (χ3v) is 1.70. The van der Waals surface area contributed by atoms with Crippen LogP contribution in [0.4, 0.5) is 10.1 Å². The zero-order valence-corrected chi connectivity index (χ0v) is 9.14. The van der Waals surface area contributed by atoms with E-state index in [1.165, 1.54) is 12.1 Å². The number of rotatable bonds is 1. The quantitative estimate of drug-likeness (QED) is 0.721. The highest BCUT2D eigenvalue weighted by Gasteiger charge is 1.97. The van der Waals surface area contributed by atoms with Gasteiger partial charge in [-0.05, 0) is 43.4 Å². The molecular weight excluding hydrogens is 219 g/mol. The van der Waals surface area contributed by atoms with E-state index in [1.807, 2.05) is 0 Å². The normalized spacial score (nSPS) is 9.29. The molecular formula is C9H9FN2S2. The van der Waals surface area contributed by atoms with Crippen LogP contribution in [0.3, 0.4) is 0 Å². The van der Waals surface area contributed by atoms with E-state index in [9.17, 15) is 4.39 Å². The van der Waals surface area contributed by atoms with Gasteiger partial charge in [0.2, 0.25) is 0 Å². The number of nitrogens with one attached hydrogen (secondary N) is 2. The topological polar surface area (TPSA) is 24.1 Å². The Kier molecular flexibility index (Phi) is 3.91. The minimum Gasteiger partial charge on any atom is -0.332 e. The molecule has 0 saturated heterocycles. The van der Waals surface area contributed by atoms with Crippen LogP contribution in [-0.4, -0.2) is 10.1 Å². The van der Waals surface area contributed by atoms with Crippen molar-refractivity contribution >= 4 is 40.2 Å². The van der Waals surface area contributed by atoms with E-state index in [2.05, 4.69) is 10.6 Å². The Bertz CT molecular complexity index is 348. The molecule has 0 radical (unpaired) electrons. The average Bonchev–Trinajstić information content (AvgIpc) is 2.07. The molecule has 1 aromatic rings. The summed E-state index contributed by atoms with van der Waals surface area (Å²) in [6, 6.07) is 5.91. The van der Waals surface area contributed by atoms with E-state index >= 15 is 0 Å². The highest BCUT2D eigenvalue weighted by Crippen LogP contribution is 2.07. The van der Waals surface area contributed by atoms with Crippen LogP contribution in [0.15, 0.2) is 24.3 Å². The molecule has 0 fully saturated rings. The third kappa shape index (κ3) is 3.76. The summed E-state index contributed by atoms with van der Waals surface area (Å²) in [5.41, 5.74) is 0.722. The summed E-state index contributed by atoms with van der Waals surface area (Å²) in [6.07, 6.45) is 0. The van der Waals surface area contributed by atoms with Crippen LogP contribution in [-0.2, 0) is 0 Å². The minimum atomic E-state index is -0.277. The Labute approximate surface area is 92.5 Å². The van der Waals surface area contributed by atoms with Crippen LogP contribution in [0.1, 0.15) is 6.92 Å². The number of halogens is 1. The fourth-order valence-electron chi connectivity index (χ4n) is 0.855. The van der Waals surface area contributed by atoms with Gasteiger partial charge in [0, 0.05) is 5.69 Å². The first-order valence-corrected chi connectivity index (χ1v) is 4.74. The fourth-order valence-corrected chi connectivity index (χ4v) is 1.29. The Morgan fingerprint density at radius 2 is 1.79 bits per heavy atom. The molecule has 74 valence electrons. The number of thiocarbonyl (C=S) groups is 2. The molecule has 5 heteroatoms. The molecule has 0 unspecified atom stereocenters. The molecule has 0 saturated carbocycles. The van der Waals surface area contributed by atoms with Gasteiger partial charge < -0.3 is 10.6 Å². The van der Waals surface area contributed by atoms with Crippen molar-refractivity contribution in [3.8, 4) is 0 Å². The summed E-state index contributed by atoms with van der Waals surface area (Å²) in [7, 11) is 0. The van der Waals surface area contributed by atoms with E-state index in [0.717, 1.165) is 5.69 Å². The second kappa shape index (κ2) is 4.97. The summed E-state index contributed by atoms with van der Waals surface area (Å²) >= 11 is 9.75. The summed E-state index contributed by atoms with van der Waals surface area (Å²) in [5.74, 6) is -0.277. The maximum absolute atomic E-state index is 12.5. The van der Waals surface area contributed by atoms with E-state index in [-0.39, 0.29) is 5.82 Å². The van der Waals surface area contributed by atoms with Crippen molar-refractivity contribution in [2.75, 3.05) is 5.32 Å². The van der Waals surface area contributed by atoms with Crippen molar-refractivity contribution in [2.24, 2.45) is 0 Å². The Hall–Kier alpha value is -1.07. The first kappa shape index (κ1) is 11.0. The van der Waals surface area contributed by atoms with Gasteiger partial charge in [-0.15, -0.1) is 0 Å². The van der Waals surface area contributed by atoms with Gasteiger partial charge >= 0.3 is 0 Å². The van der Waals surface area contributed by atoms with E-state index < -0.39 is 0 Å². The van der Waals surface area contributed by atoms with Gasteiger partial charge in [0.1, 0.15) is 5.82 Å². The molecule has 0 amide bonds. The molecule has 0 aliphatic carbocycles. The van der Waals surface area contributed by atoms with Gasteiger partial charge in [-0.2, -0.15) is 0 Å². The number of hydrogen-bond donors (Lipinski definition) is 2. The molecule has 2 N–H and O–H groups in total. The average molecular weight is 228 g/mol. The Balaban J connectivity index is 2.56. The SMILES string of the molecule is CC(=S)NC(=S)Nc1ccc(F)cc1. The molecule has 0 aliphatic rings. The highest BCUT2D eigenvalue weighted by molar-refractivity contribution is 7.82. The van der Waals surface area contributed by atoms with Crippen molar-refractivity contribution in [1.29, 1.82) is 0 Å². The molecule has 14 heavy (non-hydrogen) atoms. The zero-order chi connectivity index (χ0) is 10.6. The fraction of sp³-hybridized carbons (Fsp3) is 0.111. The lowest BCUT2D eigenvalue weighted by molar-refractivity contribution is 0.628. The lowest BCUT2D eigenvalue weighted by Gasteiger charge is -2.08. The summed E-state index contributed by atoms with van der Waals surface area (Å²) in [4.78, 5) is 0.588. The van der Waals surface area contributed by atoms with Gasteiger partial charge in [-0.25, -0.2) is 4.39 Å². The molecule has 0 aliphatic heterocycles. The van der Waals surface area contributed by atoms with E-state index in [0.29, 0.717) is 10.1 Å². The van der Waals surface area contributed by atoms with E-state index in [1.54, 1.807) is 19.1 Å². The summed E-state index contributed by atoms with van der Waals surface area (Å²) in [5, 5.41) is 6.04. The second-order valence-corrected chi connectivity index (χ2v) is 3.66. The molecule has 0 bridgehead atoms. The smallest absolute Gasteiger partial charge is 0.175 e. The lowest BCUT2D eigenvalue weighted by Crippen LogP contribution is -2.31. The minimum absolute atomic E-state index is 0.277. The number of hydrogen-bond acceptors (Lipinski definition) is 2. The van der Waals surface area contributed by atoms with Crippen molar-refractivity contribution in [3.05, 3.63) is 30.1 Å². The van der Waals surface area contributed by atoms with Crippen molar-refractivity contribution in [1.82, 2.24) is 5.32 Å². The van der Waals surface area contributed by atoms with Gasteiger partial charge in [0.15, 0.2) is 5.11 Å². The molecule has 0 heterocycles. The first-order valence-electron chi connectivity index (χ1n) is 3.92. The summed E-state index contributed by atoms with van der Waals surface area (Å²) < 4.78 is 12.5. The molecule has 1 rings (SSSR count). The predicted molar refractivity (Wildman–Crippen MR) is 64.0 cm³/mol. The maximum Gasteiger partial charge on any atom is 0.175 e. The van der Waals surface area contributed by atoms with Gasteiger partial charge in [-0.1, -0.05) is 12.2 Å². The largest absolute Gasteiger partial charge is 0.332 e.